The Morgan fingerprint density at radius 3 is 2.64 bits per heavy atom. The van der Waals surface area contributed by atoms with Crippen LogP contribution in [0.15, 0.2) is 74.7 Å². The van der Waals surface area contributed by atoms with E-state index < -0.39 is 16.9 Å². The molecule has 2 aromatic carbocycles. The van der Waals surface area contributed by atoms with Gasteiger partial charge >= 0.3 is 0 Å². The summed E-state index contributed by atoms with van der Waals surface area (Å²) in [5.74, 6) is 0.154. The normalized spacial score (nSPS) is 12.1. The van der Waals surface area contributed by atoms with E-state index in [2.05, 4.69) is 26.5 Å². The number of furan rings is 1. The molecule has 9 heteroatoms. The molecule has 0 radical (unpaired) electrons. The summed E-state index contributed by atoms with van der Waals surface area (Å²) in [6.07, 6.45) is -0.0418. The van der Waals surface area contributed by atoms with Crippen LogP contribution in [-0.2, 0) is 4.79 Å². The van der Waals surface area contributed by atoms with Crippen LogP contribution < -0.4 is 5.43 Å². The van der Waals surface area contributed by atoms with E-state index in [1.54, 1.807) is 48.5 Å². The fraction of sp³-hybridized carbons (Fsp3) is 0.0526. The number of non-ortho nitro benzene ring substituents is 1. The number of carbonyl (C=O) groups is 1. The number of hydrogen-bond acceptors (Lipinski definition) is 6. The predicted octanol–water partition coefficient (Wildman–Crippen LogP) is 3.80. The molecule has 0 aliphatic heterocycles. The number of nitro groups is 1. The van der Waals surface area contributed by atoms with Crippen molar-refractivity contribution >= 4 is 33.7 Å². The first-order valence-electron chi connectivity index (χ1n) is 8.06. The fourth-order valence-corrected chi connectivity index (χ4v) is 2.95. The molecule has 1 amide bonds. The molecule has 0 saturated heterocycles. The van der Waals surface area contributed by atoms with E-state index in [1.807, 2.05) is 0 Å². The van der Waals surface area contributed by atoms with Crippen molar-refractivity contribution in [2.75, 3.05) is 0 Å². The van der Waals surface area contributed by atoms with Crippen molar-refractivity contribution in [3.05, 3.63) is 86.6 Å². The maximum atomic E-state index is 11.9. The highest BCUT2D eigenvalue weighted by molar-refractivity contribution is 9.10. The van der Waals surface area contributed by atoms with Gasteiger partial charge < -0.3 is 9.52 Å². The van der Waals surface area contributed by atoms with Crippen LogP contribution in [0.5, 0.6) is 0 Å². The van der Waals surface area contributed by atoms with Crippen molar-refractivity contribution in [2.24, 2.45) is 5.10 Å². The summed E-state index contributed by atoms with van der Waals surface area (Å²) in [4.78, 5) is 22.2. The van der Waals surface area contributed by atoms with Gasteiger partial charge in [0.25, 0.3) is 11.6 Å². The van der Waals surface area contributed by atoms with Gasteiger partial charge in [-0.2, -0.15) is 5.10 Å². The van der Waals surface area contributed by atoms with Crippen molar-refractivity contribution in [1.82, 2.24) is 5.43 Å². The minimum atomic E-state index is -1.33. The number of nitrogens with one attached hydrogen (secondary N) is 1. The molecular weight excluding hydrogens is 430 g/mol. The van der Waals surface area contributed by atoms with Crippen molar-refractivity contribution in [3.8, 4) is 11.3 Å². The zero-order chi connectivity index (χ0) is 20.1. The Balaban J connectivity index is 1.66. The molecule has 0 saturated carbocycles. The van der Waals surface area contributed by atoms with E-state index >= 15 is 0 Å². The average molecular weight is 444 g/mol. The number of hydrazone groups is 1. The summed E-state index contributed by atoms with van der Waals surface area (Å²) >= 11 is 3.29. The predicted molar refractivity (Wildman–Crippen MR) is 106 cm³/mol. The topological polar surface area (TPSA) is 118 Å². The van der Waals surface area contributed by atoms with Crippen LogP contribution >= 0.6 is 15.9 Å². The van der Waals surface area contributed by atoms with Crippen LogP contribution in [0.2, 0.25) is 0 Å². The van der Waals surface area contributed by atoms with Gasteiger partial charge in [0.15, 0.2) is 6.10 Å². The number of carbonyl (C=O) groups excluding carboxylic acids is 1. The summed E-state index contributed by atoms with van der Waals surface area (Å²) in [5, 5.41) is 24.6. The molecular formula is C19H14BrN3O5. The lowest BCUT2D eigenvalue weighted by atomic mass is 10.1. The molecule has 28 heavy (non-hydrogen) atoms. The smallest absolute Gasteiger partial charge is 0.273 e. The number of nitro benzene ring substituents is 1. The maximum Gasteiger partial charge on any atom is 0.273 e. The molecule has 0 spiro atoms. The monoisotopic (exact) mass is 443 g/mol. The number of aliphatic hydroxyl groups is 1. The van der Waals surface area contributed by atoms with E-state index in [-0.39, 0.29) is 5.69 Å². The zero-order valence-corrected chi connectivity index (χ0v) is 15.9. The largest absolute Gasteiger partial charge is 0.455 e. The Hall–Kier alpha value is -3.30. The number of halogens is 1. The van der Waals surface area contributed by atoms with Gasteiger partial charge in [-0.15, -0.1) is 0 Å². The number of hydrogen-bond donors (Lipinski definition) is 2. The highest BCUT2D eigenvalue weighted by Crippen LogP contribution is 2.32. The van der Waals surface area contributed by atoms with Crippen LogP contribution in [0.1, 0.15) is 17.4 Å². The Morgan fingerprint density at radius 2 is 1.96 bits per heavy atom. The van der Waals surface area contributed by atoms with Crippen LogP contribution in [0.25, 0.3) is 11.3 Å². The van der Waals surface area contributed by atoms with E-state index in [0.717, 1.165) is 0 Å². The lowest BCUT2D eigenvalue weighted by Crippen LogP contribution is -2.25. The molecule has 2 N–H and O–H groups in total. The molecule has 1 heterocycles. The summed E-state index contributed by atoms with van der Waals surface area (Å²) in [5.41, 5.74) is 3.30. The third-order valence-corrected chi connectivity index (χ3v) is 4.44. The molecule has 0 unspecified atom stereocenters. The van der Waals surface area contributed by atoms with Crippen molar-refractivity contribution in [1.29, 1.82) is 0 Å². The first-order valence-corrected chi connectivity index (χ1v) is 8.85. The summed E-state index contributed by atoms with van der Waals surface area (Å²) < 4.78 is 6.13. The quantitative estimate of drug-likeness (QED) is 0.341. The second-order valence-electron chi connectivity index (χ2n) is 5.67. The van der Waals surface area contributed by atoms with Crippen LogP contribution in [0.3, 0.4) is 0 Å². The van der Waals surface area contributed by atoms with Crippen molar-refractivity contribution < 1.29 is 19.2 Å². The van der Waals surface area contributed by atoms with Gasteiger partial charge in [-0.3, -0.25) is 14.9 Å². The van der Waals surface area contributed by atoms with Gasteiger partial charge in [0.1, 0.15) is 11.5 Å². The van der Waals surface area contributed by atoms with Gasteiger partial charge in [0.05, 0.1) is 11.1 Å². The average Bonchev–Trinajstić information content (AvgIpc) is 3.16. The van der Waals surface area contributed by atoms with E-state index in [4.69, 9.17) is 4.42 Å². The highest BCUT2D eigenvalue weighted by Gasteiger charge is 2.16. The van der Waals surface area contributed by atoms with E-state index in [0.29, 0.717) is 27.1 Å². The first-order chi connectivity index (χ1) is 13.5. The molecule has 3 rings (SSSR count). The molecule has 0 fully saturated rings. The van der Waals surface area contributed by atoms with Crippen molar-refractivity contribution in [3.63, 3.8) is 0 Å². The van der Waals surface area contributed by atoms with E-state index in [1.165, 1.54) is 18.3 Å². The van der Waals surface area contributed by atoms with Crippen LogP contribution in [0, 0.1) is 10.1 Å². The molecule has 0 aliphatic rings. The standard InChI is InChI=1S/C19H14BrN3O5/c20-16-10-13(23(26)27)6-8-15(16)17-9-7-14(28-17)11-21-22-19(25)18(24)12-4-2-1-3-5-12/h1-11,18,24H,(H,22,25)/b21-11-/t18-/m0/s1. The SMILES string of the molecule is O=C(N/N=C\c1ccc(-c2ccc([N+](=O)[O-])cc2Br)o1)[C@@H](O)c1ccccc1. The number of rotatable bonds is 6. The highest BCUT2D eigenvalue weighted by atomic mass is 79.9. The molecule has 1 aromatic heterocycles. The van der Waals surface area contributed by atoms with E-state index in [9.17, 15) is 20.0 Å². The fourth-order valence-electron chi connectivity index (χ4n) is 2.39. The van der Waals surface area contributed by atoms with Gasteiger partial charge in [-0.05, 0) is 39.7 Å². The number of benzene rings is 2. The second kappa shape index (κ2) is 8.59. The number of aliphatic hydroxyl groups excluding tert-OH is 1. The lowest BCUT2D eigenvalue weighted by Gasteiger charge is -2.08. The minimum absolute atomic E-state index is 0.0383. The van der Waals surface area contributed by atoms with Crippen molar-refractivity contribution in [2.45, 2.75) is 6.10 Å². The number of nitrogens with zero attached hydrogens (tertiary/aromatic N) is 2. The molecule has 3 aromatic rings. The van der Waals surface area contributed by atoms with Gasteiger partial charge in [0, 0.05) is 22.2 Å². The van der Waals surface area contributed by atoms with Gasteiger partial charge in [-0.25, -0.2) is 5.43 Å². The van der Waals surface area contributed by atoms with Gasteiger partial charge in [0.2, 0.25) is 0 Å². The molecule has 1 atom stereocenters. The summed E-state index contributed by atoms with van der Waals surface area (Å²) in [6.45, 7) is 0. The van der Waals surface area contributed by atoms with Gasteiger partial charge in [-0.1, -0.05) is 30.3 Å². The Morgan fingerprint density at radius 1 is 1.21 bits per heavy atom. The van der Waals surface area contributed by atoms with Crippen LogP contribution in [0.4, 0.5) is 5.69 Å². The molecule has 8 nitrogen and oxygen atoms in total. The zero-order valence-electron chi connectivity index (χ0n) is 14.3. The second-order valence-corrected chi connectivity index (χ2v) is 6.53. The third-order valence-electron chi connectivity index (χ3n) is 3.79. The van der Waals surface area contributed by atoms with Crippen LogP contribution in [-0.4, -0.2) is 22.2 Å². The Kier molecular flexibility index (Phi) is 5.97. The molecule has 142 valence electrons. The lowest BCUT2D eigenvalue weighted by molar-refractivity contribution is -0.384. The summed E-state index contributed by atoms with van der Waals surface area (Å²) in [6, 6.07) is 16.1. The molecule has 0 bridgehead atoms. The molecule has 0 aliphatic carbocycles. The minimum Gasteiger partial charge on any atom is -0.455 e. The maximum absolute atomic E-state index is 11.9. The Bertz CT molecular complexity index is 1030. The Labute approximate surface area is 167 Å². The number of amides is 1. The third kappa shape index (κ3) is 4.51. The summed E-state index contributed by atoms with van der Waals surface area (Å²) in [7, 11) is 0. The first kappa shape index (κ1) is 19.5.